The van der Waals surface area contributed by atoms with Gasteiger partial charge in [-0.25, -0.2) is 0 Å². The largest absolute Gasteiger partial charge is 0.159 e. The van der Waals surface area contributed by atoms with Crippen molar-refractivity contribution in [3.63, 3.8) is 0 Å². The molecule has 0 saturated heterocycles. The summed E-state index contributed by atoms with van der Waals surface area (Å²) in [5.41, 5.74) is 0. The van der Waals surface area contributed by atoms with Gasteiger partial charge in [0.2, 0.25) is 0 Å². The second-order valence-corrected chi connectivity index (χ2v) is 4.66. The highest BCUT2D eigenvalue weighted by molar-refractivity contribution is 7.99. The highest BCUT2D eigenvalue weighted by Crippen LogP contribution is 2.12. The van der Waals surface area contributed by atoms with Gasteiger partial charge < -0.3 is 0 Å². The molecule has 0 saturated carbocycles. The van der Waals surface area contributed by atoms with Gasteiger partial charge in [-0.1, -0.05) is 40.0 Å². The van der Waals surface area contributed by atoms with Crippen molar-refractivity contribution in [3.8, 4) is 0 Å². The van der Waals surface area contributed by atoms with E-state index in [0.29, 0.717) is 0 Å². The van der Waals surface area contributed by atoms with Crippen LogP contribution < -0.4 is 0 Å². The Bertz CT molecular complexity index is 59.7. The van der Waals surface area contributed by atoms with Crippen molar-refractivity contribution in [2.45, 2.75) is 51.7 Å². The van der Waals surface area contributed by atoms with E-state index in [2.05, 4.69) is 32.5 Å². The van der Waals surface area contributed by atoms with Gasteiger partial charge in [0.1, 0.15) is 0 Å². The molecule has 0 N–H and O–H groups in total. The number of hydrogen-bond donors (Lipinski definition) is 0. The minimum atomic E-state index is 0.821. The third kappa shape index (κ3) is 8.35. The number of thioether (sulfide) groups is 1. The lowest BCUT2D eigenvalue weighted by Gasteiger charge is -2.02. The highest BCUT2D eigenvalue weighted by Gasteiger charge is 1.92. The minimum absolute atomic E-state index is 0.821. The van der Waals surface area contributed by atoms with Crippen LogP contribution in [0, 0.1) is 0 Å². The molecular formula is C9H20S. The molecule has 0 aliphatic carbocycles. The molecule has 1 heteroatoms. The molecule has 0 heterocycles. The normalized spacial score (nSPS) is 10.8. The van der Waals surface area contributed by atoms with E-state index < -0.39 is 0 Å². The highest BCUT2D eigenvalue weighted by atomic mass is 32.2. The molecule has 0 radical (unpaired) electrons. The Balaban J connectivity index is 2.77. The molecule has 0 spiro atoms. The van der Waals surface area contributed by atoms with Crippen molar-refractivity contribution < 1.29 is 0 Å². The van der Waals surface area contributed by atoms with Gasteiger partial charge in [-0.3, -0.25) is 0 Å². The van der Waals surface area contributed by atoms with Gasteiger partial charge in [0, 0.05) is 0 Å². The maximum absolute atomic E-state index is 2.27. The first-order valence-corrected chi connectivity index (χ1v) is 5.43. The third-order valence-corrected chi connectivity index (χ3v) is 2.64. The zero-order valence-corrected chi connectivity index (χ0v) is 8.34. The first-order chi connectivity index (χ1) is 4.77. The summed E-state index contributed by atoms with van der Waals surface area (Å²) in [5, 5.41) is 0.821. The molecule has 0 aromatic rings. The molecule has 62 valence electrons. The smallest absolute Gasteiger partial charge is 0.000968 e. The summed E-state index contributed by atoms with van der Waals surface area (Å²) in [6.45, 7) is 6.80. The van der Waals surface area contributed by atoms with Crippen LogP contribution in [-0.4, -0.2) is 11.0 Å². The van der Waals surface area contributed by atoms with Gasteiger partial charge in [0.05, 0.1) is 0 Å². The fourth-order valence-corrected chi connectivity index (χ4v) is 1.69. The molecule has 0 aromatic carbocycles. The Morgan fingerprint density at radius 3 is 2.30 bits per heavy atom. The predicted molar refractivity (Wildman–Crippen MR) is 51.7 cm³/mol. The van der Waals surface area contributed by atoms with Gasteiger partial charge in [0.25, 0.3) is 0 Å². The van der Waals surface area contributed by atoms with E-state index in [1.54, 1.807) is 0 Å². The summed E-state index contributed by atoms with van der Waals surface area (Å²) >= 11 is 2.08. The van der Waals surface area contributed by atoms with E-state index in [4.69, 9.17) is 0 Å². The summed E-state index contributed by atoms with van der Waals surface area (Å²) in [5.74, 6) is 1.36. The fourth-order valence-electron chi connectivity index (χ4n) is 0.848. The summed E-state index contributed by atoms with van der Waals surface area (Å²) in [6, 6.07) is 0. The van der Waals surface area contributed by atoms with Gasteiger partial charge in [-0.2, -0.15) is 11.8 Å². The minimum Gasteiger partial charge on any atom is -0.159 e. The monoisotopic (exact) mass is 160 g/mol. The van der Waals surface area contributed by atoms with Gasteiger partial charge >= 0.3 is 0 Å². The fraction of sp³-hybridized carbons (Fsp3) is 1.00. The van der Waals surface area contributed by atoms with Crippen molar-refractivity contribution in [2.24, 2.45) is 0 Å². The Hall–Kier alpha value is 0.350. The van der Waals surface area contributed by atoms with Crippen LogP contribution in [0.5, 0.6) is 0 Å². The van der Waals surface area contributed by atoms with Crippen LogP contribution in [0.2, 0.25) is 0 Å². The van der Waals surface area contributed by atoms with E-state index in [1.165, 1.54) is 31.4 Å². The summed E-state index contributed by atoms with van der Waals surface area (Å²) in [4.78, 5) is 0. The molecule has 0 atom stereocenters. The Kier molecular flexibility index (Phi) is 7.72. The summed E-state index contributed by atoms with van der Waals surface area (Å²) < 4.78 is 0. The summed E-state index contributed by atoms with van der Waals surface area (Å²) in [7, 11) is 0. The predicted octanol–water partition coefficient (Wildman–Crippen LogP) is 3.71. The quantitative estimate of drug-likeness (QED) is 0.534. The second-order valence-electron chi connectivity index (χ2n) is 2.98. The molecule has 0 unspecified atom stereocenters. The zero-order chi connectivity index (χ0) is 7.82. The zero-order valence-electron chi connectivity index (χ0n) is 7.52. The van der Waals surface area contributed by atoms with Crippen LogP contribution in [0.1, 0.15) is 46.5 Å². The van der Waals surface area contributed by atoms with Crippen molar-refractivity contribution in [1.29, 1.82) is 0 Å². The molecule has 0 nitrogen and oxygen atoms in total. The molecule has 10 heavy (non-hydrogen) atoms. The lowest BCUT2D eigenvalue weighted by atomic mass is 10.2. The molecule has 0 fully saturated rings. The molecule has 0 rings (SSSR count). The molecule has 0 aliphatic rings. The molecular weight excluding hydrogens is 140 g/mol. The Morgan fingerprint density at radius 1 is 1.10 bits per heavy atom. The lowest BCUT2D eigenvalue weighted by Crippen LogP contribution is -1.89. The molecule has 0 aliphatic heterocycles. The van der Waals surface area contributed by atoms with Crippen molar-refractivity contribution in [3.05, 3.63) is 0 Å². The van der Waals surface area contributed by atoms with Crippen LogP contribution in [0.3, 0.4) is 0 Å². The summed E-state index contributed by atoms with van der Waals surface area (Å²) in [6.07, 6.45) is 5.61. The molecule has 0 bridgehead atoms. The van der Waals surface area contributed by atoms with Crippen molar-refractivity contribution in [2.75, 3.05) is 5.75 Å². The topological polar surface area (TPSA) is 0 Å². The molecule has 0 amide bonds. The van der Waals surface area contributed by atoms with Crippen LogP contribution in [0.25, 0.3) is 0 Å². The van der Waals surface area contributed by atoms with E-state index >= 15 is 0 Å². The van der Waals surface area contributed by atoms with Crippen LogP contribution in [0.15, 0.2) is 0 Å². The van der Waals surface area contributed by atoms with E-state index in [0.717, 1.165) is 5.25 Å². The second kappa shape index (κ2) is 7.46. The Labute approximate surface area is 69.8 Å². The third-order valence-electron chi connectivity index (χ3n) is 1.45. The van der Waals surface area contributed by atoms with Crippen LogP contribution in [-0.2, 0) is 0 Å². The number of hydrogen-bond acceptors (Lipinski definition) is 1. The lowest BCUT2D eigenvalue weighted by molar-refractivity contribution is 0.706. The van der Waals surface area contributed by atoms with E-state index in [9.17, 15) is 0 Å². The maximum Gasteiger partial charge on any atom is -0.000968 e. The van der Waals surface area contributed by atoms with Crippen LogP contribution in [0.4, 0.5) is 0 Å². The first kappa shape index (κ1) is 10.3. The Morgan fingerprint density at radius 2 is 1.80 bits per heavy atom. The average molecular weight is 160 g/mol. The van der Waals surface area contributed by atoms with E-state index in [-0.39, 0.29) is 0 Å². The van der Waals surface area contributed by atoms with Crippen molar-refractivity contribution >= 4 is 11.8 Å². The number of unbranched alkanes of at least 4 members (excludes halogenated alkanes) is 3. The first-order valence-electron chi connectivity index (χ1n) is 4.39. The molecule has 0 aromatic heterocycles. The van der Waals surface area contributed by atoms with Gasteiger partial charge in [-0.15, -0.1) is 0 Å². The van der Waals surface area contributed by atoms with Gasteiger partial charge in [0.15, 0.2) is 0 Å². The number of rotatable bonds is 6. The van der Waals surface area contributed by atoms with Crippen molar-refractivity contribution in [1.82, 2.24) is 0 Å². The standard InChI is InChI=1S/C9H20S/c1-4-5-6-7-8-10-9(2)3/h9H,4-8H2,1-3H3. The SMILES string of the molecule is CCCCCCSC(C)C. The van der Waals surface area contributed by atoms with Gasteiger partial charge in [-0.05, 0) is 17.4 Å². The average Bonchev–Trinajstić information content (AvgIpc) is 1.87. The van der Waals surface area contributed by atoms with E-state index in [1.807, 2.05) is 0 Å². The van der Waals surface area contributed by atoms with Crippen LogP contribution >= 0.6 is 11.8 Å². The maximum atomic E-state index is 2.27.